The van der Waals surface area contributed by atoms with Crippen LogP contribution in [0.25, 0.3) is 0 Å². The Hall–Kier alpha value is -1.33. The largest absolute Gasteiger partial charge is 0.378 e. The van der Waals surface area contributed by atoms with Gasteiger partial charge < -0.3 is 10.6 Å². The molecule has 1 aliphatic rings. The first kappa shape index (κ1) is 14.6. The number of fused-ring (bicyclic) bond motifs is 1. The van der Waals surface area contributed by atoms with Gasteiger partial charge in [0.25, 0.3) is 0 Å². The van der Waals surface area contributed by atoms with Crippen molar-refractivity contribution >= 4 is 44.5 Å². The van der Waals surface area contributed by atoms with Gasteiger partial charge in [-0.2, -0.15) is 0 Å². The molecule has 1 atom stereocenters. The molecule has 0 fully saturated rings. The van der Waals surface area contributed by atoms with Crippen molar-refractivity contribution in [2.45, 2.75) is 32.2 Å². The predicted octanol–water partition coefficient (Wildman–Crippen LogP) is 4.96. The average molecular weight is 365 g/mol. The van der Waals surface area contributed by atoms with Crippen molar-refractivity contribution < 1.29 is 4.79 Å². The third-order valence-corrected chi connectivity index (χ3v) is 5.32. The normalized spacial score (nSPS) is 17.1. The summed E-state index contributed by atoms with van der Waals surface area (Å²) in [5, 5.41) is 6.42. The Morgan fingerprint density at radius 2 is 2.14 bits per heavy atom. The minimum atomic E-state index is -0.0473. The van der Waals surface area contributed by atoms with Crippen molar-refractivity contribution in [3.8, 4) is 0 Å². The number of carbonyl (C=O) groups is 1. The molecule has 21 heavy (non-hydrogen) atoms. The van der Waals surface area contributed by atoms with Crippen molar-refractivity contribution in [2.24, 2.45) is 0 Å². The summed E-state index contributed by atoms with van der Waals surface area (Å²) in [6.45, 7) is 1.52. The van der Waals surface area contributed by atoms with Gasteiger partial charge in [0, 0.05) is 23.2 Å². The van der Waals surface area contributed by atoms with Gasteiger partial charge >= 0.3 is 0 Å². The Bertz CT molecular complexity index is 668. The number of halogens is 1. The summed E-state index contributed by atoms with van der Waals surface area (Å²) in [6.07, 6.45) is 3.53. The fourth-order valence-corrected chi connectivity index (χ4v) is 4.58. The number of thiophene rings is 1. The van der Waals surface area contributed by atoms with Crippen LogP contribution in [0, 0.1) is 0 Å². The van der Waals surface area contributed by atoms with Gasteiger partial charge in [-0.3, -0.25) is 4.79 Å². The molecule has 1 amide bonds. The van der Waals surface area contributed by atoms with Crippen LogP contribution in [0.15, 0.2) is 34.1 Å². The van der Waals surface area contributed by atoms with Crippen LogP contribution in [0.5, 0.6) is 0 Å². The zero-order valence-corrected chi connectivity index (χ0v) is 14.2. The lowest BCUT2D eigenvalue weighted by molar-refractivity contribution is -0.114. The number of carbonyl (C=O) groups excluding carboxylic acids is 1. The van der Waals surface area contributed by atoms with Crippen LogP contribution in [0.4, 0.5) is 11.4 Å². The maximum atomic E-state index is 11.1. The summed E-state index contributed by atoms with van der Waals surface area (Å²) in [6, 6.07) is 10.5. The second-order valence-electron chi connectivity index (χ2n) is 5.28. The van der Waals surface area contributed by atoms with Crippen molar-refractivity contribution in [1.29, 1.82) is 0 Å². The number of anilines is 2. The van der Waals surface area contributed by atoms with Gasteiger partial charge in [0.2, 0.25) is 5.91 Å². The molecule has 0 radical (unpaired) electrons. The molecule has 0 bridgehead atoms. The first-order valence-corrected chi connectivity index (χ1v) is 8.65. The Kier molecular flexibility index (Phi) is 4.31. The molecule has 1 aromatic carbocycles. The van der Waals surface area contributed by atoms with Gasteiger partial charge in [-0.15, -0.1) is 11.3 Å². The standard InChI is InChI=1S/C16H17BrN2OS/c1-10(20)18-11-4-2-5-12(8-11)19-14-6-3-7-15-13(14)9-16(17)21-15/h2,4-5,8-9,14,19H,3,6-7H2,1H3,(H,18,20). The van der Waals surface area contributed by atoms with Gasteiger partial charge in [-0.25, -0.2) is 0 Å². The van der Waals surface area contributed by atoms with Crippen LogP contribution in [-0.2, 0) is 11.2 Å². The minimum Gasteiger partial charge on any atom is -0.378 e. The number of nitrogens with one attached hydrogen (secondary N) is 2. The molecule has 3 rings (SSSR count). The van der Waals surface area contributed by atoms with E-state index in [4.69, 9.17) is 0 Å². The van der Waals surface area contributed by atoms with E-state index >= 15 is 0 Å². The van der Waals surface area contributed by atoms with Crippen molar-refractivity contribution in [1.82, 2.24) is 0 Å². The number of rotatable bonds is 3. The lowest BCUT2D eigenvalue weighted by Gasteiger charge is -2.25. The van der Waals surface area contributed by atoms with E-state index in [0.717, 1.165) is 17.8 Å². The van der Waals surface area contributed by atoms with E-state index in [1.54, 1.807) is 0 Å². The summed E-state index contributed by atoms with van der Waals surface area (Å²) in [4.78, 5) is 12.6. The van der Waals surface area contributed by atoms with Gasteiger partial charge in [-0.1, -0.05) is 6.07 Å². The molecule has 2 aromatic rings. The van der Waals surface area contributed by atoms with E-state index in [1.807, 2.05) is 35.6 Å². The van der Waals surface area contributed by atoms with Crippen molar-refractivity contribution in [2.75, 3.05) is 10.6 Å². The number of aryl methyl sites for hydroxylation is 1. The second kappa shape index (κ2) is 6.20. The Labute approximate surface area is 136 Å². The second-order valence-corrected chi connectivity index (χ2v) is 7.80. The molecule has 3 nitrogen and oxygen atoms in total. The lowest BCUT2D eigenvalue weighted by atomic mass is 9.94. The predicted molar refractivity (Wildman–Crippen MR) is 92.1 cm³/mol. The van der Waals surface area contributed by atoms with Crippen LogP contribution >= 0.6 is 27.3 Å². The van der Waals surface area contributed by atoms with Gasteiger partial charge in [0.05, 0.1) is 9.83 Å². The summed E-state index contributed by atoms with van der Waals surface area (Å²) in [5.41, 5.74) is 3.28. The third-order valence-electron chi connectivity index (χ3n) is 3.61. The van der Waals surface area contributed by atoms with Crippen molar-refractivity contribution in [3.05, 3.63) is 44.6 Å². The van der Waals surface area contributed by atoms with E-state index < -0.39 is 0 Å². The molecule has 1 aliphatic carbocycles. The first-order valence-electron chi connectivity index (χ1n) is 7.04. The molecule has 0 aliphatic heterocycles. The van der Waals surface area contributed by atoms with Crippen LogP contribution in [0.3, 0.4) is 0 Å². The molecule has 1 heterocycles. The lowest BCUT2D eigenvalue weighted by Crippen LogP contribution is -2.15. The highest BCUT2D eigenvalue weighted by Gasteiger charge is 2.22. The molecule has 1 unspecified atom stereocenters. The molecular weight excluding hydrogens is 348 g/mol. The van der Waals surface area contributed by atoms with Gasteiger partial charge in [-0.05, 0) is 65.0 Å². The Morgan fingerprint density at radius 1 is 1.33 bits per heavy atom. The first-order chi connectivity index (χ1) is 10.1. The van der Waals surface area contributed by atoms with Crippen LogP contribution < -0.4 is 10.6 Å². The minimum absolute atomic E-state index is 0.0473. The maximum Gasteiger partial charge on any atom is 0.221 e. The van der Waals surface area contributed by atoms with E-state index in [-0.39, 0.29) is 5.91 Å². The smallest absolute Gasteiger partial charge is 0.221 e. The number of hydrogen-bond acceptors (Lipinski definition) is 3. The van der Waals surface area contributed by atoms with E-state index in [9.17, 15) is 4.79 Å². The molecule has 0 saturated heterocycles. The van der Waals surface area contributed by atoms with E-state index in [1.165, 1.54) is 34.0 Å². The number of hydrogen-bond donors (Lipinski definition) is 2. The topological polar surface area (TPSA) is 41.1 Å². The maximum absolute atomic E-state index is 11.1. The van der Waals surface area contributed by atoms with E-state index in [0.29, 0.717) is 6.04 Å². The van der Waals surface area contributed by atoms with Crippen LogP contribution in [0.1, 0.15) is 36.2 Å². The number of amides is 1. The fraction of sp³-hybridized carbons (Fsp3) is 0.312. The highest BCUT2D eigenvalue weighted by atomic mass is 79.9. The van der Waals surface area contributed by atoms with Crippen molar-refractivity contribution in [3.63, 3.8) is 0 Å². The van der Waals surface area contributed by atoms with Gasteiger partial charge in [0.15, 0.2) is 0 Å². The average Bonchev–Trinajstić information content (AvgIpc) is 2.80. The monoisotopic (exact) mass is 364 g/mol. The molecular formula is C16H17BrN2OS. The zero-order valence-electron chi connectivity index (χ0n) is 11.8. The third kappa shape index (κ3) is 3.47. The summed E-state index contributed by atoms with van der Waals surface area (Å²) >= 11 is 5.42. The van der Waals surface area contributed by atoms with Gasteiger partial charge in [0.1, 0.15) is 0 Å². The molecule has 0 spiro atoms. The highest BCUT2D eigenvalue weighted by molar-refractivity contribution is 9.11. The van der Waals surface area contributed by atoms with Crippen LogP contribution in [0.2, 0.25) is 0 Å². The summed E-state index contributed by atoms with van der Waals surface area (Å²) in [5.74, 6) is -0.0473. The zero-order chi connectivity index (χ0) is 14.8. The quantitative estimate of drug-likeness (QED) is 0.807. The van der Waals surface area contributed by atoms with Crippen LogP contribution in [-0.4, -0.2) is 5.91 Å². The summed E-state index contributed by atoms with van der Waals surface area (Å²) in [7, 11) is 0. The number of benzene rings is 1. The Morgan fingerprint density at radius 3 is 2.95 bits per heavy atom. The molecule has 5 heteroatoms. The molecule has 2 N–H and O–H groups in total. The fourth-order valence-electron chi connectivity index (χ4n) is 2.76. The Balaban J connectivity index is 1.79. The molecule has 0 saturated carbocycles. The summed E-state index contributed by atoms with van der Waals surface area (Å²) < 4.78 is 1.20. The highest BCUT2D eigenvalue weighted by Crippen LogP contribution is 2.39. The van der Waals surface area contributed by atoms with E-state index in [2.05, 4.69) is 32.6 Å². The molecule has 1 aromatic heterocycles. The SMILES string of the molecule is CC(=O)Nc1cccc(NC2CCCc3sc(Br)cc32)c1. The molecule has 110 valence electrons.